The number of nitrogens with one attached hydrogen (secondary N) is 1. The zero-order valence-electron chi connectivity index (χ0n) is 8.28. The molecule has 1 atom stereocenters. The minimum Gasteiger partial charge on any atom is -0.448 e. The van der Waals surface area contributed by atoms with E-state index in [2.05, 4.69) is 5.43 Å². The molecule has 0 saturated carbocycles. The van der Waals surface area contributed by atoms with Crippen LogP contribution >= 0.6 is 11.6 Å². The summed E-state index contributed by atoms with van der Waals surface area (Å²) in [5, 5.41) is 0.289. The Morgan fingerprint density at radius 3 is 2.38 bits per heavy atom. The van der Waals surface area contributed by atoms with E-state index in [1.54, 1.807) is 24.3 Å². The van der Waals surface area contributed by atoms with Crippen LogP contribution in [0.2, 0.25) is 5.22 Å². The van der Waals surface area contributed by atoms with Crippen molar-refractivity contribution in [1.82, 2.24) is 5.43 Å². The number of hydrazine groups is 1. The smallest absolute Gasteiger partial charge is 0.193 e. The van der Waals surface area contributed by atoms with Crippen LogP contribution in [0.25, 0.3) is 0 Å². The zero-order chi connectivity index (χ0) is 11.5. The van der Waals surface area contributed by atoms with E-state index in [0.29, 0.717) is 5.76 Å². The van der Waals surface area contributed by atoms with E-state index in [-0.39, 0.29) is 17.1 Å². The first-order chi connectivity index (χ1) is 7.70. The molecule has 2 aromatic rings. The summed E-state index contributed by atoms with van der Waals surface area (Å²) in [5.74, 6) is 5.73. The molecule has 2 rings (SSSR count). The van der Waals surface area contributed by atoms with Gasteiger partial charge in [-0.2, -0.15) is 0 Å². The minimum atomic E-state index is -0.340. The SMILES string of the molecule is NNC(c1ccc(F)cc1)c1ccc(Cl)o1. The predicted octanol–water partition coefficient (Wildman–Crippen LogP) is 2.62. The summed E-state index contributed by atoms with van der Waals surface area (Å²) in [5.41, 5.74) is 3.39. The van der Waals surface area contributed by atoms with Gasteiger partial charge in [-0.1, -0.05) is 12.1 Å². The van der Waals surface area contributed by atoms with Crippen molar-refractivity contribution in [1.29, 1.82) is 0 Å². The second-order valence-corrected chi connectivity index (χ2v) is 3.67. The molecule has 5 heteroatoms. The van der Waals surface area contributed by atoms with Gasteiger partial charge in [-0.25, -0.2) is 9.82 Å². The van der Waals surface area contributed by atoms with E-state index >= 15 is 0 Å². The van der Waals surface area contributed by atoms with Gasteiger partial charge in [0.1, 0.15) is 17.6 Å². The molecule has 0 aliphatic heterocycles. The molecule has 0 saturated heterocycles. The Labute approximate surface area is 97.0 Å². The van der Waals surface area contributed by atoms with Gasteiger partial charge in [0.15, 0.2) is 5.22 Å². The summed E-state index contributed by atoms with van der Waals surface area (Å²) >= 11 is 5.68. The molecule has 1 aromatic carbocycles. The van der Waals surface area contributed by atoms with Crippen molar-refractivity contribution < 1.29 is 8.81 Å². The van der Waals surface area contributed by atoms with Crippen LogP contribution in [-0.2, 0) is 0 Å². The Morgan fingerprint density at radius 2 is 1.88 bits per heavy atom. The lowest BCUT2D eigenvalue weighted by molar-refractivity contribution is 0.453. The number of benzene rings is 1. The van der Waals surface area contributed by atoms with Crippen LogP contribution in [0.3, 0.4) is 0 Å². The molecule has 0 bridgehead atoms. The molecule has 1 aromatic heterocycles. The average molecular weight is 241 g/mol. The zero-order valence-corrected chi connectivity index (χ0v) is 9.04. The molecule has 3 nitrogen and oxygen atoms in total. The largest absolute Gasteiger partial charge is 0.448 e. The fourth-order valence-electron chi connectivity index (χ4n) is 1.48. The Kier molecular flexibility index (Phi) is 3.24. The molecule has 0 aliphatic carbocycles. The lowest BCUT2D eigenvalue weighted by Crippen LogP contribution is -2.28. The van der Waals surface area contributed by atoms with E-state index in [9.17, 15) is 4.39 Å². The quantitative estimate of drug-likeness (QED) is 0.641. The minimum absolute atomic E-state index is 0.289. The fourth-order valence-corrected chi connectivity index (χ4v) is 1.63. The lowest BCUT2D eigenvalue weighted by atomic mass is 10.1. The van der Waals surface area contributed by atoms with Crippen LogP contribution < -0.4 is 11.3 Å². The number of halogens is 2. The van der Waals surface area contributed by atoms with Crippen molar-refractivity contribution in [2.75, 3.05) is 0 Å². The highest BCUT2D eigenvalue weighted by Crippen LogP contribution is 2.25. The summed E-state index contributed by atoms with van der Waals surface area (Å²) in [6.45, 7) is 0. The number of hydrogen-bond acceptors (Lipinski definition) is 3. The van der Waals surface area contributed by atoms with Crippen molar-refractivity contribution >= 4 is 11.6 Å². The van der Waals surface area contributed by atoms with Crippen LogP contribution in [0.5, 0.6) is 0 Å². The van der Waals surface area contributed by atoms with Gasteiger partial charge in [0.05, 0.1) is 0 Å². The van der Waals surface area contributed by atoms with Crippen LogP contribution in [0, 0.1) is 5.82 Å². The number of furan rings is 1. The first-order valence-corrected chi connectivity index (χ1v) is 5.05. The summed E-state index contributed by atoms with van der Waals surface area (Å²) < 4.78 is 18.0. The highest BCUT2D eigenvalue weighted by atomic mass is 35.5. The molecule has 3 N–H and O–H groups in total. The molecular weight excluding hydrogens is 231 g/mol. The maximum absolute atomic E-state index is 12.8. The number of hydrogen-bond donors (Lipinski definition) is 2. The molecule has 0 aliphatic rings. The summed E-state index contributed by atoms with van der Waals surface area (Å²) in [7, 11) is 0. The van der Waals surface area contributed by atoms with Crippen LogP contribution in [0.1, 0.15) is 17.4 Å². The van der Waals surface area contributed by atoms with Crippen molar-refractivity contribution in [2.45, 2.75) is 6.04 Å². The monoisotopic (exact) mass is 240 g/mol. The van der Waals surface area contributed by atoms with Gasteiger partial charge in [0, 0.05) is 0 Å². The van der Waals surface area contributed by atoms with E-state index in [1.807, 2.05) is 0 Å². The van der Waals surface area contributed by atoms with Crippen LogP contribution in [0.4, 0.5) is 4.39 Å². The molecule has 0 fully saturated rings. The first kappa shape index (κ1) is 11.1. The number of rotatable bonds is 3. The third-order valence-corrected chi connectivity index (χ3v) is 2.45. The molecule has 0 spiro atoms. The van der Waals surface area contributed by atoms with E-state index < -0.39 is 0 Å². The van der Waals surface area contributed by atoms with Gasteiger partial charge >= 0.3 is 0 Å². The normalized spacial score (nSPS) is 12.7. The van der Waals surface area contributed by atoms with E-state index in [1.165, 1.54) is 12.1 Å². The van der Waals surface area contributed by atoms with Gasteiger partial charge in [-0.3, -0.25) is 5.84 Å². The highest BCUT2D eigenvalue weighted by Gasteiger charge is 2.16. The Bertz CT molecular complexity index is 469. The Hall–Kier alpha value is -1.36. The predicted molar refractivity (Wildman–Crippen MR) is 59.3 cm³/mol. The molecule has 1 unspecified atom stereocenters. The Morgan fingerprint density at radius 1 is 1.19 bits per heavy atom. The molecule has 16 heavy (non-hydrogen) atoms. The van der Waals surface area contributed by atoms with E-state index in [4.69, 9.17) is 21.9 Å². The summed E-state index contributed by atoms with van der Waals surface area (Å²) in [6.07, 6.45) is 0. The van der Waals surface area contributed by atoms with Crippen molar-refractivity contribution in [2.24, 2.45) is 5.84 Å². The maximum Gasteiger partial charge on any atom is 0.193 e. The topological polar surface area (TPSA) is 51.2 Å². The molecule has 0 amide bonds. The van der Waals surface area contributed by atoms with Crippen LogP contribution in [-0.4, -0.2) is 0 Å². The molecular formula is C11H10ClFN2O. The van der Waals surface area contributed by atoms with Gasteiger partial charge in [-0.15, -0.1) is 0 Å². The molecule has 84 valence electrons. The van der Waals surface area contributed by atoms with Crippen molar-refractivity contribution in [3.8, 4) is 0 Å². The second-order valence-electron chi connectivity index (χ2n) is 3.29. The summed E-state index contributed by atoms with van der Waals surface area (Å²) in [6, 6.07) is 9.01. The summed E-state index contributed by atoms with van der Waals surface area (Å²) in [4.78, 5) is 0. The number of nitrogens with two attached hydrogens (primary N) is 1. The third-order valence-electron chi connectivity index (χ3n) is 2.25. The molecule has 0 radical (unpaired) electrons. The van der Waals surface area contributed by atoms with Crippen molar-refractivity contribution in [3.05, 3.63) is 58.8 Å². The Balaban J connectivity index is 2.32. The van der Waals surface area contributed by atoms with E-state index in [0.717, 1.165) is 5.56 Å². The van der Waals surface area contributed by atoms with Crippen molar-refractivity contribution in [3.63, 3.8) is 0 Å². The third kappa shape index (κ3) is 2.24. The molecule has 1 heterocycles. The second kappa shape index (κ2) is 4.65. The highest BCUT2D eigenvalue weighted by molar-refractivity contribution is 6.28. The first-order valence-electron chi connectivity index (χ1n) is 4.67. The maximum atomic E-state index is 12.8. The van der Waals surface area contributed by atoms with Gasteiger partial charge in [-0.05, 0) is 41.4 Å². The van der Waals surface area contributed by atoms with Gasteiger partial charge < -0.3 is 4.42 Å². The average Bonchev–Trinajstić information content (AvgIpc) is 2.69. The van der Waals surface area contributed by atoms with Crippen LogP contribution in [0.15, 0.2) is 40.8 Å². The lowest BCUT2D eigenvalue weighted by Gasteiger charge is -2.13. The standard InChI is InChI=1S/C11H10ClFN2O/c12-10-6-5-9(16-10)11(15-14)7-1-3-8(13)4-2-7/h1-6,11,15H,14H2. The fraction of sp³-hybridized carbons (Fsp3) is 0.0909. The van der Waals surface area contributed by atoms with Gasteiger partial charge in [0.25, 0.3) is 0 Å². The van der Waals surface area contributed by atoms with Gasteiger partial charge in [0.2, 0.25) is 0 Å².